The third-order valence-corrected chi connectivity index (χ3v) is 5.34. The van der Waals surface area contributed by atoms with Gasteiger partial charge in [0.1, 0.15) is 0 Å². The molecule has 0 fully saturated rings. The summed E-state index contributed by atoms with van der Waals surface area (Å²) < 4.78 is 27.5. The standard InChI is InChI=1S/C21H19NO2S/c1-16-8-14-21(15-9-16)25(23,24)22-20-12-10-19(11-13-20)17(2)18-6-4-3-5-7-18/h3-15,22H,2H2,1H3. The van der Waals surface area contributed by atoms with Gasteiger partial charge in [0.15, 0.2) is 0 Å². The summed E-state index contributed by atoms with van der Waals surface area (Å²) >= 11 is 0. The quantitative estimate of drug-likeness (QED) is 0.715. The Labute approximate surface area is 148 Å². The lowest BCUT2D eigenvalue weighted by Gasteiger charge is -2.10. The van der Waals surface area contributed by atoms with Gasteiger partial charge in [-0.15, -0.1) is 0 Å². The van der Waals surface area contributed by atoms with E-state index in [4.69, 9.17) is 0 Å². The van der Waals surface area contributed by atoms with Crippen LogP contribution in [0.2, 0.25) is 0 Å². The highest BCUT2D eigenvalue weighted by atomic mass is 32.2. The number of anilines is 1. The van der Waals surface area contributed by atoms with E-state index in [1.165, 1.54) is 0 Å². The number of nitrogens with one attached hydrogen (secondary N) is 1. The smallest absolute Gasteiger partial charge is 0.261 e. The van der Waals surface area contributed by atoms with Gasteiger partial charge in [-0.05, 0) is 47.9 Å². The van der Waals surface area contributed by atoms with Crippen LogP contribution < -0.4 is 4.72 Å². The predicted octanol–water partition coefficient (Wildman–Crippen LogP) is 4.86. The maximum Gasteiger partial charge on any atom is 0.261 e. The minimum absolute atomic E-state index is 0.246. The van der Waals surface area contributed by atoms with E-state index in [1.54, 1.807) is 36.4 Å². The second-order valence-electron chi connectivity index (χ2n) is 5.84. The summed E-state index contributed by atoms with van der Waals surface area (Å²) in [6, 6.07) is 23.9. The first-order chi connectivity index (χ1) is 12.0. The van der Waals surface area contributed by atoms with Crippen LogP contribution in [0, 0.1) is 6.92 Å². The average molecular weight is 349 g/mol. The fraction of sp³-hybridized carbons (Fsp3) is 0.0476. The Morgan fingerprint density at radius 2 is 1.36 bits per heavy atom. The van der Waals surface area contributed by atoms with Crippen LogP contribution in [0.4, 0.5) is 5.69 Å². The third-order valence-electron chi connectivity index (χ3n) is 3.94. The Balaban J connectivity index is 1.79. The van der Waals surface area contributed by atoms with Crippen molar-refractivity contribution in [1.82, 2.24) is 0 Å². The van der Waals surface area contributed by atoms with Crippen molar-refractivity contribution in [3.8, 4) is 0 Å². The van der Waals surface area contributed by atoms with Gasteiger partial charge in [0.05, 0.1) is 4.90 Å². The highest BCUT2D eigenvalue weighted by Gasteiger charge is 2.13. The predicted molar refractivity (Wildman–Crippen MR) is 103 cm³/mol. The molecule has 0 heterocycles. The monoisotopic (exact) mass is 349 g/mol. The molecule has 0 atom stereocenters. The van der Waals surface area contributed by atoms with Crippen molar-refractivity contribution in [1.29, 1.82) is 0 Å². The fourth-order valence-electron chi connectivity index (χ4n) is 2.48. The van der Waals surface area contributed by atoms with E-state index in [-0.39, 0.29) is 4.90 Å². The maximum absolute atomic E-state index is 12.4. The molecule has 0 aliphatic carbocycles. The van der Waals surface area contributed by atoms with Crippen LogP contribution in [-0.4, -0.2) is 8.42 Å². The van der Waals surface area contributed by atoms with Crippen LogP contribution in [0.1, 0.15) is 16.7 Å². The number of sulfonamides is 1. The molecule has 0 saturated heterocycles. The molecule has 3 nitrogen and oxygen atoms in total. The van der Waals surface area contributed by atoms with Crippen molar-refractivity contribution >= 4 is 21.3 Å². The van der Waals surface area contributed by atoms with Gasteiger partial charge < -0.3 is 0 Å². The average Bonchev–Trinajstić information content (AvgIpc) is 2.62. The van der Waals surface area contributed by atoms with Gasteiger partial charge in [0.25, 0.3) is 10.0 Å². The molecule has 3 aromatic carbocycles. The van der Waals surface area contributed by atoms with Gasteiger partial charge in [-0.2, -0.15) is 0 Å². The number of rotatable bonds is 5. The molecule has 1 N–H and O–H groups in total. The van der Waals surface area contributed by atoms with Crippen molar-refractivity contribution in [2.45, 2.75) is 11.8 Å². The number of benzene rings is 3. The number of hydrogen-bond donors (Lipinski definition) is 1. The molecule has 0 radical (unpaired) electrons. The molecule has 0 aliphatic rings. The van der Waals surface area contributed by atoms with E-state index in [0.29, 0.717) is 5.69 Å². The molecule has 3 aromatic rings. The van der Waals surface area contributed by atoms with Gasteiger partial charge in [0, 0.05) is 5.69 Å². The zero-order valence-corrected chi connectivity index (χ0v) is 14.8. The number of hydrogen-bond acceptors (Lipinski definition) is 2. The first-order valence-electron chi connectivity index (χ1n) is 7.90. The Hall–Kier alpha value is -2.85. The van der Waals surface area contributed by atoms with Crippen molar-refractivity contribution in [3.05, 3.63) is 102 Å². The van der Waals surface area contributed by atoms with E-state index in [1.807, 2.05) is 49.4 Å². The first kappa shape index (κ1) is 17.0. The number of aryl methyl sites for hydroxylation is 1. The van der Waals surface area contributed by atoms with Gasteiger partial charge in [-0.3, -0.25) is 4.72 Å². The van der Waals surface area contributed by atoms with E-state index in [2.05, 4.69) is 11.3 Å². The second kappa shape index (κ2) is 6.95. The molecule has 126 valence electrons. The van der Waals surface area contributed by atoms with Gasteiger partial charge in [0.2, 0.25) is 0 Å². The molecule has 0 unspecified atom stereocenters. The summed E-state index contributed by atoms with van der Waals surface area (Å²) in [5.41, 5.74) is 4.42. The van der Waals surface area contributed by atoms with Crippen LogP contribution in [-0.2, 0) is 10.0 Å². The maximum atomic E-state index is 12.4. The Bertz CT molecular complexity index is 974. The normalized spacial score (nSPS) is 11.1. The topological polar surface area (TPSA) is 46.2 Å². The van der Waals surface area contributed by atoms with E-state index < -0.39 is 10.0 Å². The molecule has 0 bridgehead atoms. The molecule has 0 saturated carbocycles. The van der Waals surface area contributed by atoms with Crippen molar-refractivity contribution < 1.29 is 8.42 Å². The highest BCUT2D eigenvalue weighted by Crippen LogP contribution is 2.24. The van der Waals surface area contributed by atoms with Gasteiger partial charge >= 0.3 is 0 Å². The summed E-state index contributed by atoms with van der Waals surface area (Å²) in [6.45, 7) is 6.04. The van der Waals surface area contributed by atoms with E-state index in [9.17, 15) is 8.42 Å². The third kappa shape index (κ3) is 3.98. The lowest BCUT2D eigenvalue weighted by atomic mass is 10.00. The molecule has 4 heteroatoms. The molecule has 0 aromatic heterocycles. The summed E-state index contributed by atoms with van der Waals surface area (Å²) in [5, 5.41) is 0. The first-order valence-corrected chi connectivity index (χ1v) is 9.38. The fourth-order valence-corrected chi connectivity index (χ4v) is 3.54. The Kier molecular flexibility index (Phi) is 4.72. The Morgan fingerprint density at radius 1 is 0.800 bits per heavy atom. The van der Waals surface area contributed by atoms with Crippen LogP contribution in [0.3, 0.4) is 0 Å². The summed E-state index contributed by atoms with van der Waals surface area (Å²) in [6.07, 6.45) is 0. The van der Waals surface area contributed by atoms with Crippen molar-refractivity contribution in [3.63, 3.8) is 0 Å². The Morgan fingerprint density at radius 3 is 1.96 bits per heavy atom. The molecule has 3 rings (SSSR count). The molecular weight excluding hydrogens is 330 g/mol. The zero-order chi connectivity index (χ0) is 17.9. The van der Waals surface area contributed by atoms with E-state index >= 15 is 0 Å². The summed E-state index contributed by atoms with van der Waals surface area (Å²) in [5.74, 6) is 0. The zero-order valence-electron chi connectivity index (χ0n) is 13.9. The van der Waals surface area contributed by atoms with Crippen LogP contribution in [0.5, 0.6) is 0 Å². The molecule has 0 amide bonds. The lowest BCUT2D eigenvalue weighted by Crippen LogP contribution is -2.12. The van der Waals surface area contributed by atoms with Crippen LogP contribution in [0.15, 0.2) is 90.3 Å². The molecule has 0 aliphatic heterocycles. The molecular formula is C21H19NO2S. The largest absolute Gasteiger partial charge is 0.280 e. The lowest BCUT2D eigenvalue weighted by molar-refractivity contribution is 0.601. The van der Waals surface area contributed by atoms with Crippen molar-refractivity contribution in [2.75, 3.05) is 4.72 Å². The minimum atomic E-state index is -3.59. The highest BCUT2D eigenvalue weighted by molar-refractivity contribution is 7.92. The summed E-state index contributed by atoms with van der Waals surface area (Å²) in [7, 11) is -3.59. The second-order valence-corrected chi connectivity index (χ2v) is 7.52. The minimum Gasteiger partial charge on any atom is -0.280 e. The van der Waals surface area contributed by atoms with Gasteiger partial charge in [-0.1, -0.05) is 66.7 Å². The van der Waals surface area contributed by atoms with Crippen LogP contribution in [0.25, 0.3) is 5.57 Å². The molecule has 0 spiro atoms. The van der Waals surface area contributed by atoms with Gasteiger partial charge in [-0.25, -0.2) is 8.42 Å². The van der Waals surface area contributed by atoms with Crippen molar-refractivity contribution in [2.24, 2.45) is 0 Å². The van der Waals surface area contributed by atoms with E-state index in [0.717, 1.165) is 22.3 Å². The SMILES string of the molecule is C=C(c1ccccc1)c1ccc(NS(=O)(=O)c2ccc(C)cc2)cc1. The summed E-state index contributed by atoms with van der Waals surface area (Å²) in [4.78, 5) is 0.246. The molecule has 25 heavy (non-hydrogen) atoms. The van der Waals surface area contributed by atoms with Crippen LogP contribution >= 0.6 is 0 Å².